The van der Waals surface area contributed by atoms with Crippen LogP contribution in [0.3, 0.4) is 0 Å². The smallest absolute Gasteiger partial charge is 0.225 e. The number of aromatic nitrogens is 2. The fourth-order valence-electron chi connectivity index (χ4n) is 2.38. The number of rotatable bonds is 5. The zero-order valence-electron chi connectivity index (χ0n) is 12.0. The minimum absolute atomic E-state index is 0.310. The van der Waals surface area contributed by atoms with Crippen LogP contribution in [-0.2, 0) is 0 Å². The van der Waals surface area contributed by atoms with Crippen molar-refractivity contribution in [2.75, 3.05) is 18.9 Å². The van der Waals surface area contributed by atoms with E-state index < -0.39 is 0 Å². The van der Waals surface area contributed by atoms with Gasteiger partial charge in [-0.25, -0.2) is 9.97 Å². The summed E-state index contributed by atoms with van der Waals surface area (Å²) in [7, 11) is 2.20. The Morgan fingerprint density at radius 2 is 2.25 bits per heavy atom. The second-order valence-corrected chi connectivity index (χ2v) is 7.12. The minimum atomic E-state index is 0.310. The molecule has 0 aliphatic heterocycles. The van der Waals surface area contributed by atoms with E-state index in [9.17, 15) is 0 Å². The number of halogens is 1. The molecule has 3 rings (SSSR count). The van der Waals surface area contributed by atoms with Crippen molar-refractivity contribution in [3.05, 3.63) is 16.2 Å². The van der Waals surface area contributed by atoms with Crippen LogP contribution < -0.4 is 5.32 Å². The molecular weight excluding hydrogens is 292 g/mol. The Bertz CT molecular complexity index is 623. The predicted molar refractivity (Wildman–Crippen MR) is 85.9 cm³/mol. The summed E-state index contributed by atoms with van der Waals surface area (Å²) in [5.41, 5.74) is 0. The largest absolute Gasteiger partial charge is 0.368 e. The van der Waals surface area contributed by atoms with Gasteiger partial charge in [-0.2, -0.15) is 0 Å². The molecule has 0 saturated heterocycles. The number of anilines is 1. The standard InChI is InChI=1S/C14H19ClN4S/c1-8(19(3)10-4-5-10)7-16-12-11-6-9(2)20-13(11)18-14(15)17-12/h6,8,10H,4-5,7H2,1-3H3,(H,16,17,18). The molecule has 1 unspecified atom stereocenters. The zero-order valence-corrected chi connectivity index (χ0v) is 13.6. The first-order valence-electron chi connectivity index (χ1n) is 6.94. The third-order valence-electron chi connectivity index (χ3n) is 3.87. The van der Waals surface area contributed by atoms with Crippen molar-refractivity contribution in [1.82, 2.24) is 14.9 Å². The molecule has 0 aromatic carbocycles. The Morgan fingerprint density at radius 3 is 2.95 bits per heavy atom. The van der Waals surface area contributed by atoms with Gasteiger partial charge in [-0.05, 0) is 51.4 Å². The summed E-state index contributed by atoms with van der Waals surface area (Å²) in [5.74, 6) is 0.848. The zero-order chi connectivity index (χ0) is 14.3. The van der Waals surface area contributed by atoms with Crippen LogP contribution in [0.4, 0.5) is 5.82 Å². The molecule has 1 fully saturated rings. The third kappa shape index (κ3) is 2.90. The molecular formula is C14H19ClN4S. The van der Waals surface area contributed by atoms with Crippen LogP contribution in [0.15, 0.2) is 6.07 Å². The summed E-state index contributed by atoms with van der Waals surface area (Å²) in [5, 5.41) is 4.81. The maximum atomic E-state index is 6.01. The first-order chi connectivity index (χ1) is 9.54. The quantitative estimate of drug-likeness (QED) is 0.858. The fourth-order valence-corrected chi connectivity index (χ4v) is 3.48. The molecule has 2 aromatic heterocycles. The Balaban J connectivity index is 1.76. The molecule has 0 spiro atoms. The summed E-state index contributed by atoms with van der Waals surface area (Å²) < 4.78 is 0. The van der Waals surface area contributed by atoms with Gasteiger partial charge in [0.1, 0.15) is 10.6 Å². The Hall–Kier alpha value is -0.910. The Labute approximate surface area is 128 Å². The summed E-state index contributed by atoms with van der Waals surface area (Å²) in [6.45, 7) is 5.18. The molecule has 1 aliphatic rings. The summed E-state index contributed by atoms with van der Waals surface area (Å²) in [6.07, 6.45) is 2.66. The van der Waals surface area contributed by atoms with Gasteiger partial charge in [0.15, 0.2) is 0 Å². The second-order valence-electron chi connectivity index (χ2n) is 5.54. The molecule has 2 heterocycles. The van der Waals surface area contributed by atoms with Crippen LogP contribution in [0, 0.1) is 6.92 Å². The van der Waals surface area contributed by atoms with Crippen LogP contribution in [0.1, 0.15) is 24.6 Å². The summed E-state index contributed by atoms with van der Waals surface area (Å²) in [6, 6.07) is 3.36. The van der Waals surface area contributed by atoms with Crippen molar-refractivity contribution < 1.29 is 0 Å². The van der Waals surface area contributed by atoms with Crippen molar-refractivity contribution in [3.8, 4) is 0 Å². The molecule has 0 radical (unpaired) electrons. The SMILES string of the molecule is Cc1cc2c(NCC(C)N(C)C3CC3)nc(Cl)nc2s1. The molecule has 20 heavy (non-hydrogen) atoms. The van der Waals surface area contributed by atoms with E-state index in [4.69, 9.17) is 11.6 Å². The topological polar surface area (TPSA) is 41.0 Å². The number of hydrogen-bond acceptors (Lipinski definition) is 5. The molecule has 4 nitrogen and oxygen atoms in total. The highest BCUT2D eigenvalue weighted by Crippen LogP contribution is 2.30. The van der Waals surface area contributed by atoms with E-state index in [1.807, 2.05) is 0 Å². The average Bonchev–Trinajstić information content (AvgIpc) is 3.17. The first kappa shape index (κ1) is 14.0. The lowest BCUT2D eigenvalue weighted by Gasteiger charge is -2.24. The van der Waals surface area contributed by atoms with Gasteiger partial charge in [0.2, 0.25) is 5.28 Å². The van der Waals surface area contributed by atoms with Gasteiger partial charge in [-0.3, -0.25) is 4.90 Å². The molecule has 108 valence electrons. The lowest BCUT2D eigenvalue weighted by molar-refractivity contribution is 0.257. The van der Waals surface area contributed by atoms with Gasteiger partial charge in [0, 0.05) is 23.5 Å². The van der Waals surface area contributed by atoms with Gasteiger partial charge in [0.25, 0.3) is 0 Å². The van der Waals surface area contributed by atoms with Crippen molar-refractivity contribution >= 4 is 39.0 Å². The lowest BCUT2D eigenvalue weighted by atomic mass is 10.2. The van der Waals surface area contributed by atoms with E-state index in [-0.39, 0.29) is 0 Å². The maximum absolute atomic E-state index is 6.01. The predicted octanol–water partition coefficient (Wildman–Crippen LogP) is 3.55. The highest BCUT2D eigenvalue weighted by atomic mass is 35.5. The van der Waals surface area contributed by atoms with Gasteiger partial charge in [0.05, 0.1) is 5.39 Å². The van der Waals surface area contributed by atoms with E-state index in [1.165, 1.54) is 17.7 Å². The molecule has 0 bridgehead atoms. The number of fused-ring (bicyclic) bond motifs is 1. The van der Waals surface area contributed by atoms with E-state index in [2.05, 4.69) is 47.1 Å². The highest BCUT2D eigenvalue weighted by Gasteiger charge is 2.29. The third-order valence-corrected chi connectivity index (χ3v) is 4.99. The highest BCUT2D eigenvalue weighted by molar-refractivity contribution is 7.18. The minimum Gasteiger partial charge on any atom is -0.368 e. The van der Waals surface area contributed by atoms with E-state index in [0.717, 1.165) is 28.6 Å². The normalized spacial score (nSPS) is 16.9. The molecule has 1 saturated carbocycles. The second kappa shape index (κ2) is 5.47. The molecule has 2 aromatic rings. The molecule has 1 aliphatic carbocycles. The van der Waals surface area contributed by atoms with Crippen LogP contribution in [0.5, 0.6) is 0 Å². The Kier molecular flexibility index (Phi) is 3.84. The molecule has 1 atom stereocenters. The van der Waals surface area contributed by atoms with Crippen LogP contribution in [-0.4, -0.2) is 40.5 Å². The number of nitrogens with zero attached hydrogens (tertiary/aromatic N) is 3. The first-order valence-corrected chi connectivity index (χ1v) is 8.13. The number of aryl methyl sites for hydroxylation is 1. The van der Waals surface area contributed by atoms with E-state index in [0.29, 0.717) is 11.3 Å². The molecule has 6 heteroatoms. The number of nitrogens with one attached hydrogen (secondary N) is 1. The Morgan fingerprint density at radius 1 is 1.50 bits per heavy atom. The summed E-state index contributed by atoms with van der Waals surface area (Å²) in [4.78, 5) is 13.2. The molecule has 0 amide bonds. The van der Waals surface area contributed by atoms with Gasteiger partial charge >= 0.3 is 0 Å². The van der Waals surface area contributed by atoms with Gasteiger partial charge < -0.3 is 5.32 Å². The van der Waals surface area contributed by atoms with E-state index in [1.54, 1.807) is 11.3 Å². The number of likely N-dealkylation sites (N-methyl/N-ethyl adjacent to an activating group) is 1. The number of hydrogen-bond donors (Lipinski definition) is 1. The average molecular weight is 311 g/mol. The van der Waals surface area contributed by atoms with Crippen LogP contribution >= 0.6 is 22.9 Å². The summed E-state index contributed by atoms with van der Waals surface area (Å²) >= 11 is 7.66. The monoisotopic (exact) mass is 310 g/mol. The van der Waals surface area contributed by atoms with Crippen molar-refractivity contribution in [2.45, 2.75) is 38.8 Å². The number of thiophene rings is 1. The van der Waals surface area contributed by atoms with Crippen molar-refractivity contribution in [1.29, 1.82) is 0 Å². The van der Waals surface area contributed by atoms with Crippen LogP contribution in [0.25, 0.3) is 10.2 Å². The maximum Gasteiger partial charge on any atom is 0.225 e. The fraction of sp³-hybridized carbons (Fsp3) is 0.571. The lowest BCUT2D eigenvalue weighted by Crippen LogP contribution is -2.36. The van der Waals surface area contributed by atoms with Crippen molar-refractivity contribution in [2.24, 2.45) is 0 Å². The molecule has 1 N–H and O–H groups in total. The van der Waals surface area contributed by atoms with Crippen molar-refractivity contribution in [3.63, 3.8) is 0 Å². The van der Waals surface area contributed by atoms with Gasteiger partial charge in [-0.15, -0.1) is 11.3 Å². The van der Waals surface area contributed by atoms with E-state index >= 15 is 0 Å². The van der Waals surface area contributed by atoms with Crippen LogP contribution in [0.2, 0.25) is 5.28 Å². The van der Waals surface area contributed by atoms with Gasteiger partial charge in [-0.1, -0.05) is 0 Å².